The summed E-state index contributed by atoms with van der Waals surface area (Å²) in [6, 6.07) is 5.39. The number of rotatable bonds is 14. The van der Waals surface area contributed by atoms with Crippen molar-refractivity contribution < 1.29 is 27.5 Å². The molecule has 0 N–H and O–H groups in total. The maximum atomic E-state index is 13.8. The number of ether oxygens (including phenoxy) is 1. The molecule has 4 heterocycles. The van der Waals surface area contributed by atoms with Crippen molar-refractivity contribution in [3.05, 3.63) is 63.1 Å². The fourth-order valence-corrected chi connectivity index (χ4v) is 6.65. The van der Waals surface area contributed by atoms with E-state index in [1.54, 1.807) is 10.8 Å². The average molecular weight is 702 g/mol. The van der Waals surface area contributed by atoms with Gasteiger partial charge in [-0.25, -0.2) is 9.78 Å². The first-order valence-electron chi connectivity index (χ1n) is 16.5. The van der Waals surface area contributed by atoms with E-state index >= 15 is 0 Å². The van der Waals surface area contributed by atoms with Crippen LogP contribution in [0, 0.1) is 5.92 Å². The van der Waals surface area contributed by atoms with Gasteiger partial charge in [0.25, 0.3) is 5.56 Å². The molecule has 1 amide bonds. The van der Waals surface area contributed by atoms with Gasteiger partial charge < -0.3 is 9.64 Å². The predicted octanol–water partition coefficient (Wildman–Crippen LogP) is 5.00. The Kier molecular flexibility index (Phi) is 10.5. The van der Waals surface area contributed by atoms with Crippen LogP contribution in [-0.2, 0) is 46.9 Å². The summed E-state index contributed by atoms with van der Waals surface area (Å²) in [7, 11) is -1.41. The van der Waals surface area contributed by atoms with Crippen molar-refractivity contribution in [3.63, 3.8) is 0 Å². The second-order valence-corrected chi connectivity index (χ2v) is 19.2. The minimum absolute atomic E-state index is 0.0156. The molecular formula is C33H42F3N7O5Si. The van der Waals surface area contributed by atoms with Gasteiger partial charge in [0.2, 0.25) is 5.91 Å². The van der Waals surface area contributed by atoms with Gasteiger partial charge in [0.15, 0.2) is 16.9 Å². The van der Waals surface area contributed by atoms with E-state index in [1.165, 1.54) is 37.0 Å². The Bertz CT molecular complexity index is 1970. The molecular weight excluding hydrogens is 659 g/mol. The maximum Gasteiger partial charge on any atom is 0.416 e. The molecule has 1 aromatic carbocycles. The fourth-order valence-electron chi connectivity index (χ4n) is 5.89. The number of fused-ring (bicyclic) bond motifs is 1. The SMILES string of the molecule is CCCn1c(=O)c2c(nc(-c3cnn(CC(=O)C4CC(=O)N(c5cccc(C(F)(F)F)c5)C4)c3)n2COCC[Si](C)(C)C)n(CCC)c1=O. The zero-order valence-corrected chi connectivity index (χ0v) is 29.4. The van der Waals surface area contributed by atoms with Crippen LogP contribution >= 0.6 is 0 Å². The summed E-state index contributed by atoms with van der Waals surface area (Å²) in [6.07, 6.45) is -0.353. The summed E-state index contributed by atoms with van der Waals surface area (Å²) in [4.78, 5) is 59.2. The van der Waals surface area contributed by atoms with Gasteiger partial charge in [0.05, 0.1) is 23.9 Å². The van der Waals surface area contributed by atoms with Crippen molar-refractivity contribution in [1.82, 2.24) is 28.5 Å². The number of amides is 1. The smallest absolute Gasteiger partial charge is 0.361 e. The quantitative estimate of drug-likeness (QED) is 0.134. The standard InChI is InChI=1S/C33H42F3N7O5Si/c1-6-11-40-30-28(31(46)41(12-7-2)32(40)47)43(21-48-13-14-49(3,4)5)29(38-30)23-17-37-39(18-23)20-26(44)22-15-27(45)42(19-22)25-10-8-9-24(16-25)33(34,35)36/h8-10,16-18,22H,6-7,11-15,19-21H2,1-5H3. The number of anilines is 1. The first kappa shape index (κ1) is 36.0. The largest absolute Gasteiger partial charge is 0.416 e. The molecule has 264 valence electrons. The number of hydrogen-bond donors (Lipinski definition) is 0. The highest BCUT2D eigenvalue weighted by molar-refractivity contribution is 6.76. The molecule has 12 nitrogen and oxygen atoms in total. The Labute approximate surface area is 282 Å². The third-order valence-electron chi connectivity index (χ3n) is 8.50. The summed E-state index contributed by atoms with van der Waals surface area (Å²) in [5.74, 6) is -1.13. The molecule has 3 aromatic heterocycles. The maximum absolute atomic E-state index is 13.8. The number of carbonyl (C=O) groups excluding carboxylic acids is 2. The van der Waals surface area contributed by atoms with Crippen LogP contribution in [-0.4, -0.2) is 61.4 Å². The van der Waals surface area contributed by atoms with Gasteiger partial charge in [-0.15, -0.1) is 0 Å². The lowest BCUT2D eigenvalue weighted by Gasteiger charge is -2.18. The number of carbonyl (C=O) groups is 2. The van der Waals surface area contributed by atoms with E-state index in [-0.39, 0.29) is 55.4 Å². The van der Waals surface area contributed by atoms with Crippen LogP contribution in [0.3, 0.4) is 0 Å². The topological polar surface area (TPSA) is 126 Å². The minimum Gasteiger partial charge on any atom is -0.361 e. The number of imidazole rings is 1. The summed E-state index contributed by atoms with van der Waals surface area (Å²) in [5, 5.41) is 4.36. The molecule has 0 spiro atoms. The minimum atomic E-state index is -4.56. The van der Waals surface area contributed by atoms with Crippen molar-refractivity contribution in [3.8, 4) is 11.4 Å². The first-order chi connectivity index (χ1) is 23.1. The lowest BCUT2D eigenvalue weighted by Crippen LogP contribution is -2.40. The molecule has 1 aliphatic rings. The van der Waals surface area contributed by atoms with E-state index in [0.717, 1.165) is 18.2 Å². The predicted molar refractivity (Wildman–Crippen MR) is 181 cm³/mol. The molecule has 1 unspecified atom stereocenters. The van der Waals surface area contributed by atoms with E-state index in [4.69, 9.17) is 9.72 Å². The van der Waals surface area contributed by atoms with Gasteiger partial charge in [-0.2, -0.15) is 18.3 Å². The van der Waals surface area contributed by atoms with Crippen LogP contribution in [0.4, 0.5) is 18.9 Å². The molecule has 4 aromatic rings. The monoisotopic (exact) mass is 701 g/mol. The molecule has 0 saturated carbocycles. The molecule has 0 aliphatic carbocycles. The Morgan fingerprint density at radius 3 is 2.43 bits per heavy atom. The summed E-state index contributed by atoms with van der Waals surface area (Å²) in [5.41, 5.74) is -0.697. The van der Waals surface area contributed by atoms with Crippen LogP contribution in [0.1, 0.15) is 38.7 Å². The van der Waals surface area contributed by atoms with E-state index in [1.807, 2.05) is 13.8 Å². The number of hydrogen-bond acceptors (Lipinski definition) is 7. The fraction of sp³-hybridized carbons (Fsp3) is 0.515. The highest BCUT2D eigenvalue weighted by Gasteiger charge is 2.37. The lowest BCUT2D eigenvalue weighted by atomic mass is 10.0. The van der Waals surface area contributed by atoms with E-state index < -0.39 is 42.9 Å². The Morgan fingerprint density at radius 2 is 1.76 bits per heavy atom. The van der Waals surface area contributed by atoms with Gasteiger partial charge in [0.1, 0.15) is 12.6 Å². The number of ketones is 1. The molecule has 0 bridgehead atoms. The van der Waals surface area contributed by atoms with Crippen LogP contribution in [0.2, 0.25) is 25.7 Å². The Hall–Kier alpha value is -4.31. The summed E-state index contributed by atoms with van der Waals surface area (Å²) in [6.45, 7) is 11.4. The number of aryl methyl sites for hydroxylation is 1. The molecule has 1 fully saturated rings. The van der Waals surface area contributed by atoms with Gasteiger partial charge in [0, 0.05) is 58.5 Å². The lowest BCUT2D eigenvalue weighted by molar-refractivity contribution is -0.137. The molecule has 5 rings (SSSR count). The van der Waals surface area contributed by atoms with Gasteiger partial charge >= 0.3 is 11.9 Å². The van der Waals surface area contributed by atoms with Crippen molar-refractivity contribution in [2.75, 3.05) is 18.1 Å². The molecule has 1 atom stereocenters. The first-order valence-corrected chi connectivity index (χ1v) is 20.2. The average Bonchev–Trinajstić information content (AvgIpc) is 3.76. The molecule has 0 radical (unpaired) electrons. The number of Topliss-reactive ketones (excluding diaryl/α,β-unsaturated/α-hetero) is 1. The van der Waals surface area contributed by atoms with Gasteiger partial charge in [-0.1, -0.05) is 39.6 Å². The number of benzene rings is 1. The van der Waals surface area contributed by atoms with E-state index in [2.05, 4.69) is 24.7 Å². The van der Waals surface area contributed by atoms with E-state index in [9.17, 15) is 32.3 Å². The van der Waals surface area contributed by atoms with Crippen LogP contribution in [0.15, 0.2) is 46.2 Å². The van der Waals surface area contributed by atoms with Crippen LogP contribution in [0.5, 0.6) is 0 Å². The zero-order chi connectivity index (χ0) is 35.7. The third-order valence-corrected chi connectivity index (χ3v) is 10.2. The molecule has 1 saturated heterocycles. The molecule has 1 aliphatic heterocycles. The number of halogens is 3. The van der Waals surface area contributed by atoms with Crippen LogP contribution < -0.4 is 16.1 Å². The zero-order valence-electron chi connectivity index (χ0n) is 28.4. The van der Waals surface area contributed by atoms with Gasteiger partial charge in [-0.3, -0.25) is 32.8 Å². The normalized spacial score (nSPS) is 15.6. The highest BCUT2D eigenvalue weighted by Crippen LogP contribution is 2.34. The van der Waals surface area contributed by atoms with Gasteiger partial charge in [-0.05, 0) is 37.1 Å². The summed E-state index contributed by atoms with van der Waals surface area (Å²) < 4.78 is 51.7. The van der Waals surface area contributed by atoms with Crippen LogP contribution in [0.25, 0.3) is 22.6 Å². The second-order valence-electron chi connectivity index (χ2n) is 13.6. The summed E-state index contributed by atoms with van der Waals surface area (Å²) >= 11 is 0. The Morgan fingerprint density at radius 1 is 1.04 bits per heavy atom. The van der Waals surface area contributed by atoms with Crippen molar-refractivity contribution in [1.29, 1.82) is 0 Å². The van der Waals surface area contributed by atoms with Crippen molar-refractivity contribution >= 4 is 36.6 Å². The number of nitrogens with zero attached hydrogens (tertiary/aromatic N) is 7. The van der Waals surface area contributed by atoms with E-state index in [0.29, 0.717) is 37.4 Å². The number of alkyl halides is 3. The highest BCUT2D eigenvalue weighted by atomic mass is 28.3. The molecule has 49 heavy (non-hydrogen) atoms. The third kappa shape index (κ3) is 7.80. The van der Waals surface area contributed by atoms with Crippen molar-refractivity contribution in [2.45, 2.75) is 91.3 Å². The Balaban J connectivity index is 1.44. The molecule has 16 heteroatoms. The second kappa shape index (κ2) is 14.3. The number of aromatic nitrogens is 6. The van der Waals surface area contributed by atoms with Crippen molar-refractivity contribution in [2.24, 2.45) is 5.92 Å².